The Kier molecular flexibility index (Phi) is 4.49. The Balaban J connectivity index is 1.76. The lowest BCUT2D eigenvalue weighted by Crippen LogP contribution is -2.28. The van der Waals surface area contributed by atoms with Gasteiger partial charge < -0.3 is 15.2 Å². The Hall–Kier alpha value is -0.770. The van der Waals surface area contributed by atoms with E-state index in [1.54, 1.807) is 7.11 Å². The SMILES string of the molecule is COc1ccc(CCNCC2(CO)CC2)c(Cl)c1. The third-order valence-corrected chi connectivity index (χ3v) is 3.98. The van der Waals surface area contributed by atoms with E-state index in [9.17, 15) is 5.11 Å². The lowest BCUT2D eigenvalue weighted by Gasteiger charge is -2.13. The van der Waals surface area contributed by atoms with Crippen LogP contribution in [0.25, 0.3) is 0 Å². The van der Waals surface area contributed by atoms with E-state index in [1.165, 1.54) is 0 Å². The number of benzene rings is 1. The number of rotatable bonds is 7. The van der Waals surface area contributed by atoms with Crippen molar-refractivity contribution in [2.75, 3.05) is 26.8 Å². The maximum absolute atomic E-state index is 9.20. The zero-order chi connectivity index (χ0) is 13.0. The van der Waals surface area contributed by atoms with Gasteiger partial charge in [0.25, 0.3) is 0 Å². The number of nitrogens with one attached hydrogen (secondary N) is 1. The van der Waals surface area contributed by atoms with Gasteiger partial charge in [-0.1, -0.05) is 17.7 Å². The molecule has 4 heteroatoms. The van der Waals surface area contributed by atoms with Crippen molar-refractivity contribution in [3.8, 4) is 5.75 Å². The standard InChI is InChI=1S/C14H20ClNO2/c1-18-12-3-2-11(13(15)8-12)4-7-16-9-14(10-17)5-6-14/h2-3,8,16-17H,4-7,9-10H2,1H3. The maximum Gasteiger partial charge on any atom is 0.120 e. The highest BCUT2D eigenvalue weighted by Gasteiger charge is 2.41. The molecule has 1 aromatic rings. The number of hydrogen-bond donors (Lipinski definition) is 2. The van der Waals surface area contributed by atoms with Gasteiger partial charge in [0.15, 0.2) is 0 Å². The van der Waals surface area contributed by atoms with E-state index in [1.807, 2.05) is 18.2 Å². The van der Waals surface area contributed by atoms with Crippen molar-refractivity contribution in [3.63, 3.8) is 0 Å². The van der Waals surface area contributed by atoms with Crippen molar-refractivity contribution in [3.05, 3.63) is 28.8 Å². The monoisotopic (exact) mass is 269 g/mol. The van der Waals surface area contributed by atoms with Gasteiger partial charge in [-0.25, -0.2) is 0 Å². The van der Waals surface area contributed by atoms with Crippen LogP contribution in [-0.2, 0) is 6.42 Å². The third-order valence-electron chi connectivity index (χ3n) is 3.62. The fourth-order valence-electron chi connectivity index (χ4n) is 2.00. The number of aliphatic hydroxyl groups is 1. The van der Waals surface area contributed by atoms with Gasteiger partial charge in [0.1, 0.15) is 5.75 Å². The average molecular weight is 270 g/mol. The number of aliphatic hydroxyl groups excluding tert-OH is 1. The Morgan fingerprint density at radius 2 is 2.22 bits per heavy atom. The van der Waals surface area contributed by atoms with Gasteiger partial charge >= 0.3 is 0 Å². The summed E-state index contributed by atoms with van der Waals surface area (Å²) in [6, 6.07) is 5.77. The molecular formula is C14H20ClNO2. The minimum absolute atomic E-state index is 0.170. The summed E-state index contributed by atoms with van der Waals surface area (Å²) < 4.78 is 5.12. The summed E-state index contributed by atoms with van der Waals surface area (Å²) in [4.78, 5) is 0. The molecule has 0 unspecified atom stereocenters. The summed E-state index contributed by atoms with van der Waals surface area (Å²) in [5, 5.41) is 13.3. The average Bonchev–Trinajstić information content (AvgIpc) is 3.16. The lowest BCUT2D eigenvalue weighted by atomic mass is 10.1. The smallest absolute Gasteiger partial charge is 0.120 e. The predicted octanol–water partition coefficient (Wildman–Crippen LogP) is 2.25. The Bertz CT molecular complexity index is 405. The highest BCUT2D eigenvalue weighted by Crippen LogP contribution is 2.44. The Morgan fingerprint density at radius 3 is 2.78 bits per heavy atom. The molecule has 2 rings (SSSR count). The Morgan fingerprint density at radius 1 is 1.44 bits per heavy atom. The second-order valence-corrected chi connectivity index (χ2v) is 5.45. The van der Waals surface area contributed by atoms with Crippen molar-refractivity contribution in [1.29, 1.82) is 0 Å². The predicted molar refractivity (Wildman–Crippen MR) is 73.3 cm³/mol. The molecule has 0 spiro atoms. The fourth-order valence-corrected chi connectivity index (χ4v) is 2.27. The maximum atomic E-state index is 9.20. The van der Waals surface area contributed by atoms with Gasteiger partial charge in [-0.05, 0) is 43.5 Å². The first kappa shape index (κ1) is 13.7. The van der Waals surface area contributed by atoms with Gasteiger partial charge in [0.2, 0.25) is 0 Å². The summed E-state index contributed by atoms with van der Waals surface area (Å²) in [7, 11) is 1.64. The van der Waals surface area contributed by atoms with E-state index in [0.29, 0.717) is 6.61 Å². The van der Waals surface area contributed by atoms with Crippen LogP contribution in [0.1, 0.15) is 18.4 Å². The quantitative estimate of drug-likeness (QED) is 0.746. The number of halogens is 1. The van der Waals surface area contributed by atoms with Crippen LogP contribution in [0.4, 0.5) is 0 Å². The second-order valence-electron chi connectivity index (χ2n) is 5.04. The van der Waals surface area contributed by atoms with Gasteiger partial charge in [0.05, 0.1) is 7.11 Å². The molecule has 1 saturated carbocycles. The summed E-state index contributed by atoms with van der Waals surface area (Å²) in [5.74, 6) is 0.786. The van der Waals surface area contributed by atoms with Crippen LogP contribution in [-0.4, -0.2) is 31.9 Å². The van der Waals surface area contributed by atoms with Crippen LogP contribution in [0, 0.1) is 5.41 Å². The molecule has 1 aliphatic rings. The summed E-state index contributed by atoms with van der Waals surface area (Å²) in [6.45, 7) is 2.08. The molecule has 0 heterocycles. The molecule has 2 N–H and O–H groups in total. The van der Waals surface area contributed by atoms with Crippen molar-refractivity contribution >= 4 is 11.6 Å². The molecule has 0 bridgehead atoms. The van der Waals surface area contributed by atoms with Gasteiger partial charge in [-0.3, -0.25) is 0 Å². The molecule has 3 nitrogen and oxygen atoms in total. The topological polar surface area (TPSA) is 41.5 Å². The molecular weight excluding hydrogens is 250 g/mol. The summed E-state index contributed by atoms with van der Waals surface area (Å²) in [6.07, 6.45) is 3.17. The molecule has 1 fully saturated rings. The fraction of sp³-hybridized carbons (Fsp3) is 0.571. The van der Waals surface area contributed by atoms with Crippen LogP contribution in [0.15, 0.2) is 18.2 Å². The second kappa shape index (κ2) is 5.91. The van der Waals surface area contributed by atoms with Crippen LogP contribution >= 0.6 is 11.6 Å². The van der Waals surface area contributed by atoms with E-state index in [0.717, 1.165) is 48.7 Å². The molecule has 0 saturated heterocycles. The van der Waals surface area contributed by atoms with Gasteiger partial charge in [-0.2, -0.15) is 0 Å². The van der Waals surface area contributed by atoms with E-state index < -0.39 is 0 Å². The summed E-state index contributed by atoms with van der Waals surface area (Å²) >= 11 is 6.17. The first-order chi connectivity index (χ1) is 8.69. The number of ether oxygens (including phenoxy) is 1. The molecule has 1 aliphatic carbocycles. The first-order valence-electron chi connectivity index (χ1n) is 6.33. The zero-order valence-corrected chi connectivity index (χ0v) is 11.5. The third kappa shape index (κ3) is 3.37. The number of hydrogen-bond acceptors (Lipinski definition) is 3. The highest BCUT2D eigenvalue weighted by atomic mass is 35.5. The van der Waals surface area contributed by atoms with E-state index >= 15 is 0 Å². The zero-order valence-electron chi connectivity index (χ0n) is 10.7. The van der Waals surface area contributed by atoms with Gasteiger partial charge in [0, 0.05) is 23.6 Å². The molecule has 0 aliphatic heterocycles. The molecule has 18 heavy (non-hydrogen) atoms. The van der Waals surface area contributed by atoms with Crippen LogP contribution < -0.4 is 10.1 Å². The molecule has 0 atom stereocenters. The van der Waals surface area contributed by atoms with Gasteiger partial charge in [-0.15, -0.1) is 0 Å². The molecule has 0 amide bonds. The van der Waals surface area contributed by atoms with E-state index in [2.05, 4.69) is 5.32 Å². The molecule has 0 radical (unpaired) electrons. The largest absolute Gasteiger partial charge is 0.497 e. The first-order valence-corrected chi connectivity index (χ1v) is 6.71. The normalized spacial score (nSPS) is 16.6. The van der Waals surface area contributed by atoms with Crippen LogP contribution in [0.5, 0.6) is 5.75 Å². The van der Waals surface area contributed by atoms with Crippen molar-refractivity contribution < 1.29 is 9.84 Å². The summed E-state index contributed by atoms with van der Waals surface area (Å²) in [5.41, 5.74) is 1.29. The van der Waals surface area contributed by atoms with Crippen molar-refractivity contribution in [2.24, 2.45) is 5.41 Å². The highest BCUT2D eigenvalue weighted by molar-refractivity contribution is 6.31. The molecule has 100 valence electrons. The van der Waals surface area contributed by atoms with Crippen LogP contribution in [0.3, 0.4) is 0 Å². The van der Waals surface area contributed by atoms with E-state index in [-0.39, 0.29) is 5.41 Å². The van der Waals surface area contributed by atoms with Crippen molar-refractivity contribution in [2.45, 2.75) is 19.3 Å². The van der Waals surface area contributed by atoms with Crippen molar-refractivity contribution in [1.82, 2.24) is 5.32 Å². The lowest BCUT2D eigenvalue weighted by molar-refractivity contribution is 0.208. The minimum Gasteiger partial charge on any atom is -0.497 e. The minimum atomic E-state index is 0.170. The molecule has 1 aromatic carbocycles. The molecule has 0 aromatic heterocycles. The van der Waals surface area contributed by atoms with E-state index in [4.69, 9.17) is 16.3 Å². The van der Waals surface area contributed by atoms with Crippen LogP contribution in [0.2, 0.25) is 5.02 Å². The number of methoxy groups -OCH3 is 1. The Labute approximate surface area is 113 Å².